The number of carbonyl (C=O) groups is 1. The Morgan fingerprint density at radius 2 is 2.12 bits per heavy atom. The number of carboxylic acids is 1. The van der Waals surface area contributed by atoms with Gasteiger partial charge in [-0.05, 0) is 30.3 Å². The van der Waals surface area contributed by atoms with E-state index < -0.39 is 5.97 Å². The van der Waals surface area contributed by atoms with Crippen LogP contribution in [0.4, 0.5) is 5.69 Å². The number of aromatic nitrogens is 1. The molecule has 0 saturated heterocycles. The number of hydrogen-bond acceptors (Lipinski definition) is 7. The minimum Gasteiger partial charge on any atom is -0.508 e. The van der Waals surface area contributed by atoms with E-state index in [1.807, 2.05) is 11.4 Å². The minimum atomic E-state index is -1.01. The molecule has 1 heterocycles. The molecule has 0 atom stereocenters. The third-order valence-electron chi connectivity index (χ3n) is 3.29. The molecular formula is C17H14N2O4S2. The summed E-state index contributed by atoms with van der Waals surface area (Å²) in [5.41, 5.74) is 1.66. The Hall–Kier alpha value is -2.71. The summed E-state index contributed by atoms with van der Waals surface area (Å²) in [6, 6.07) is 11.5. The summed E-state index contributed by atoms with van der Waals surface area (Å²) < 4.78 is 8.34. The van der Waals surface area contributed by atoms with Crippen molar-refractivity contribution in [3.8, 4) is 22.1 Å². The number of methoxy groups -OCH3 is 1. The van der Waals surface area contributed by atoms with Gasteiger partial charge in [0.05, 0.1) is 18.4 Å². The second-order valence-corrected chi connectivity index (χ2v) is 6.65. The van der Waals surface area contributed by atoms with E-state index in [4.69, 9.17) is 9.84 Å². The summed E-state index contributed by atoms with van der Waals surface area (Å²) in [6.45, 7) is 0. The first-order valence-electron chi connectivity index (χ1n) is 7.16. The molecule has 8 heteroatoms. The molecule has 0 aliphatic rings. The molecule has 25 heavy (non-hydrogen) atoms. The molecule has 0 radical (unpaired) electrons. The highest BCUT2D eigenvalue weighted by Gasteiger charge is 2.11. The monoisotopic (exact) mass is 374 g/mol. The fourth-order valence-electron chi connectivity index (χ4n) is 2.09. The lowest BCUT2D eigenvalue weighted by atomic mass is 10.2. The van der Waals surface area contributed by atoms with Crippen molar-refractivity contribution in [1.29, 1.82) is 0 Å². The predicted octanol–water partition coefficient (Wildman–Crippen LogP) is 4.34. The predicted molar refractivity (Wildman–Crippen MR) is 98.6 cm³/mol. The highest BCUT2D eigenvalue weighted by atomic mass is 32.2. The lowest BCUT2D eigenvalue weighted by Gasteiger charge is -2.10. The van der Waals surface area contributed by atoms with Gasteiger partial charge in [-0.2, -0.15) is 0 Å². The molecule has 128 valence electrons. The van der Waals surface area contributed by atoms with E-state index in [9.17, 15) is 9.90 Å². The number of carboxylic acid groups (broad SMARTS) is 1. The van der Waals surface area contributed by atoms with E-state index in [0.717, 1.165) is 15.6 Å². The molecule has 0 unspecified atom stereocenters. The van der Waals surface area contributed by atoms with Crippen LogP contribution in [0.2, 0.25) is 0 Å². The molecule has 1 aromatic heterocycles. The first-order chi connectivity index (χ1) is 12.1. The Labute approximate surface area is 152 Å². The van der Waals surface area contributed by atoms with Crippen molar-refractivity contribution in [2.75, 3.05) is 11.8 Å². The molecule has 0 spiro atoms. The zero-order valence-corrected chi connectivity index (χ0v) is 14.7. The molecule has 0 bridgehead atoms. The minimum absolute atomic E-state index is 0.159. The molecular weight excluding hydrogens is 360 g/mol. The Kier molecular flexibility index (Phi) is 5.11. The van der Waals surface area contributed by atoms with Crippen molar-refractivity contribution in [3.05, 3.63) is 53.4 Å². The van der Waals surface area contributed by atoms with Gasteiger partial charge in [0.25, 0.3) is 0 Å². The van der Waals surface area contributed by atoms with Crippen molar-refractivity contribution in [1.82, 2.24) is 4.98 Å². The van der Waals surface area contributed by atoms with E-state index in [2.05, 4.69) is 9.71 Å². The van der Waals surface area contributed by atoms with Crippen molar-refractivity contribution in [2.45, 2.75) is 5.03 Å². The van der Waals surface area contributed by atoms with Crippen LogP contribution in [-0.2, 0) is 0 Å². The maximum Gasteiger partial charge on any atom is 0.335 e. The third-order valence-corrected chi connectivity index (χ3v) is 5.07. The molecule has 6 nitrogen and oxygen atoms in total. The number of phenols is 1. The summed E-state index contributed by atoms with van der Waals surface area (Å²) in [4.78, 5) is 15.5. The SMILES string of the molecule is COc1cc(C(=O)O)ccc1NSc1csc(-c2cccc(O)c2)n1. The number of aromatic carboxylic acids is 1. The molecule has 3 aromatic rings. The Morgan fingerprint density at radius 3 is 2.84 bits per heavy atom. The molecule has 0 amide bonds. The number of benzene rings is 2. The van der Waals surface area contributed by atoms with Gasteiger partial charge in [0.1, 0.15) is 21.5 Å². The van der Waals surface area contributed by atoms with E-state index >= 15 is 0 Å². The van der Waals surface area contributed by atoms with Crippen LogP contribution >= 0.6 is 23.3 Å². The Balaban J connectivity index is 1.73. The number of hydrogen-bond donors (Lipinski definition) is 3. The maximum absolute atomic E-state index is 11.0. The lowest BCUT2D eigenvalue weighted by molar-refractivity contribution is 0.0696. The standard InChI is InChI=1S/C17H14N2O4S2/c1-23-14-8-11(17(21)22)5-6-13(14)19-25-15-9-24-16(18-15)10-3-2-4-12(20)7-10/h2-9,19-20H,1H3,(H,21,22). The fraction of sp³-hybridized carbons (Fsp3) is 0.0588. The highest BCUT2D eigenvalue weighted by molar-refractivity contribution is 8.00. The van der Waals surface area contributed by atoms with Crippen molar-refractivity contribution < 1.29 is 19.7 Å². The van der Waals surface area contributed by atoms with Crippen LogP contribution in [0.25, 0.3) is 10.6 Å². The van der Waals surface area contributed by atoms with Gasteiger partial charge in [0, 0.05) is 22.9 Å². The number of nitrogens with zero attached hydrogens (tertiary/aromatic N) is 1. The number of ether oxygens (including phenoxy) is 1. The van der Waals surface area contributed by atoms with Gasteiger partial charge in [-0.3, -0.25) is 0 Å². The molecule has 0 aliphatic carbocycles. The van der Waals surface area contributed by atoms with E-state index in [-0.39, 0.29) is 11.3 Å². The largest absolute Gasteiger partial charge is 0.508 e. The van der Waals surface area contributed by atoms with Crippen molar-refractivity contribution in [2.24, 2.45) is 0 Å². The van der Waals surface area contributed by atoms with Gasteiger partial charge in [-0.1, -0.05) is 12.1 Å². The molecule has 0 saturated carbocycles. The first-order valence-corrected chi connectivity index (χ1v) is 8.85. The van der Waals surface area contributed by atoms with Crippen LogP contribution in [0.5, 0.6) is 11.5 Å². The highest BCUT2D eigenvalue weighted by Crippen LogP contribution is 2.33. The summed E-state index contributed by atoms with van der Waals surface area (Å²) >= 11 is 2.77. The summed E-state index contributed by atoms with van der Waals surface area (Å²) in [5, 5.41) is 22.0. The van der Waals surface area contributed by atoms with E-state index in [1.165, 1.54) is 42.5 Å². The normalized spacial score (nSPS) is 10.4. The van der Waals surface area contributed by atoms with Crippen LogP contribution in [0.3, 0.4) is 0 Å². The second kappa shape index (κ2) is 7.45. The quantitative estimate of drug-likeness (QED) is 0.553. The zero-order chi connectivity index (χ0) is 17.8. The number of aromatic hydroxyl groups is 1. The molecule has 0 fully saturated rings. The Morgan fingerprint density at radius 1 is 1.28 bits per heavy atom. The average Bonchev–Trinajstić information content (AvgIpc) is 3.08. The third kappa shape index (κ3) is 4.04. The van der Waals surface area contributed by atoms with Crippen molar-refractivity contribution >= 4 is 34.9 Å². The van der Waals surface area contributed by atoms with Crippen LogP contribution in [0, 0.1) is 0 Å². The summed E-state index contributed by atoms with van der Waals surface area (Å²) in [7, 11) is 1.49. The second-order valence-electron chi connectivity index (χ2n) is 4.97. The lowest BCUT2D eigenvalue weighted by Crippen LogP contribution is -1.99. The van der Waals surface area contributed by atoms with Gasteiger partial charge in [-0.25, -0.2) is 9.78 Å². The average molecular weight is 374 g/mol. The van der Waals surface area contributed by atoms with Gasteiger partial charge in [0.15, 0.2) is 0 Å². The topological polar surface area (TPSA) is 91.7 Å². The molecule has 2 aromatic carbocycles. The van der Waals surface area contributed by atoms with Crippen LogP contribution in [0.1, 0.15) is 10.4 Å². The summed E-state index contributed by atoms with van der Waals surface area (Å²) in [5.74, 6) is -0.369. The first kappa shape index (κ1) is 17.1. The number of anilines is 1. The van der Waals surface area contributed by atoms with Crippen LogP contribution < -0.4 is 9.46 Å². The summed E-state index contributed by atoms with van der Waals surface area (Å²) in [6.07, 6.45) is 0. The van der Waals surface area contributed by atoms with Crippen LogP contribution in [-0.4, -0.2) is 28.3 Å². The smallest absolute Gasteiger partial charge is 0.335 e. The Bertz CT molecular complexity index is 911. The number of thiazole rings is 1. The van der Waals surface area contributed by atoms with Gasteiger partial charge < -0.3 is 19.7 Å². The van der Waals surface area contributed by atoms with Gasteiger partial charge >= 0.3 is 5.97 Å². The number of rotatable bonds is 6. The zero-order valence-electron chi connectivity index (χ0n) is 13.1. The fourth-order valence-corrected chi connectivity index (χ4v) is 3.69. The molecule has 3 rings (SSSR count). The molecule has 0 aliphatic heterocycles. The number of phenolic OH excluding ortho intramolecular Hbond substituents is 1. The van der Waals surface area contributed by atoms with Gasteiger partial charge in [-0.15, -0.1) is 11.3 Å². The maximum atomic E-state index is 11.0. The van der Waals surface area contributed by atoms with E-state index in [1.54, 1.807) is 24.3 Å². The number of nitrogens with one attached hydrogen (secondary N) is 1. The van der Waals surface area contributed by atoms with Crippen LogP contribution in [0.15, 0.2) is 52.9 Å². The van der Waals surface area contributed by atoms with Crippen molar-refractivity contribution in [3.63, 3.8) is 0 Å². The van der Waals surface area contributed by atoms with Gasteiger partial charge in [0.2, 0.25) is 0 Å². The van der Waals surface area contributed by atoms with E-state index in [0.29, 0.717) is 11.4 Å². The molecule has 3 N–H and O–H groups in total.